The summed E-state index contributed by atoms with van der Waals surface area (Å²) in [5, 5.41) is 3.99. The quantitative estimate of drug-likeness (QED) is 0.540. The third kappa shape index (κ3) is 5.37. The highest BCUT2D eigenvalue weighted by molar-refractivity contribution is 5.95. The molecule has 0 spiro atoms. The minimum absolute atomic E-state index is 0.359. The van der Waals surface area contributed by atoms with Crippen molar-refractivity contribution in [3.05, 3.63) is 47.5 Å². The van der Waals surface area contributed by atoms with E-state index in [2.05, 4.69) is 10.5 Å². The molecular formula is C20H24N2O5. The molecule has 0 unspecified atom stereocenters. The van der Waals surface area contributed by atoms with Gasteiger partial charge in [0.25, 0.3) is 5.91 Å². The first-order valence-corrected chi connectivity index (χ1v) is 8.49. The van der Waals surface area contributed by atoms with Crippen molar-refractivity contribution in [2.24, 2.45) is 5.10 Å². The minimum atomic E-state index is -0.359. The predicted molar refractivity (Wildman–Crippen MR) is 103 cm³/mol. The van der Waals surface area contributed by atoms with E-state index < -0.39 is 0 Å². The van der Waals surface area contributed by atoms with E-state index >= 15 is 0 Å². The van der Waals surface area contributed by atoms with Gasteiger partial charge in [0.15, 0.2) is 23.0 Å². The van der Waals surface area contributed by atoms with Crippen LogP contribution >= 0.6 is 0 Å². The van der Waals surface area contributed by atoms with Crippen molar-refractivity contribution in [2.45, 2.75) is 13.3 Å². The molecule has 0 bridgehead atoms. The zero-order chi connectivity index (χ0) is 19.6. The third-order valence-electron chi connectivity index (χ3n) is 3.67. The summed E-state index contributed by atoms with van der Waals surface area (Å²) < 4.78 is 21.3. The second-order valence-corrected chi connectivity index (χ2v) is 5.53. The van der Waals surface area contributed by atoms with E-state index in [0.717, 1.165) is 12.0 Å². The topological polar surface area (TPSA) is 78.4 Å². The first-order chi connectivity index (χ1) is 13.1. The van der Waals surface area contributed by atoms with Gasteiger partial charge in [-0.2, -0.15) is 5.10 Å². The number of carbonyl (C=O) groups is 1. The maximum absolute atomic E-state index is 12.2. The number of rotatable bonds is 9. The van der Waals surface area contributed by atoms with Gasteiger partial charge in [-0.15, -0.1) is 0 Å². The number of amides is 1. The summed E-state index contributed by atoms with van der Waals surface area (Å²) >= 11 is 0. The zero-order valence-corrected chi connectivity index (χ0v) is 15.9. The second kappa shape index (κ2) is 10.1. The largest absolute Gasteiger partial charge is 0.493 e. The van der Waals surface area contributed by atoms with E-state index in [1.165, 1.54) is 20.4 Å². The fourth-order valence-corrected chi connectivity index (χ4v) is 2.30. The molecule has 0 aliphatic heterocycles. The number of benzene rings is 2. The number of hydrogen-bond acceptors (Lipinski definition) is 6. The van der Waals surface area contributed by atoms with Crippen LogP contribution in [0.1, 0.15) is 29.3 Å². The van der Waals surface area contributed by atoms with Gasteiger partial charge in [0.1, 0.15) is 0 Å². The normalized spacial score (nSPS) is 10.5. The molecular weight excluding hydrogens is 348 g/mol. The van der Waals surface area contributed by atoms with Crippen molar-refractivity contribution >= 4 is 12.1 Å². The van der Waals surface area contributed by atoms with Gasteiger partial charge in [-0.3, -0.25) is 4.79 Å². The molecule has 0 aromatic heterocycles. The Hall–Kier alpha value is -3.22. The van der Waals surface area contributed by atoms with E-state index in [4.69, 9.17) is 18.9 Å². The van der Waals surface area contributed by atoms with E-state index in [1.54, 1.807) is 31.4 Å². The van der Waals surface area contributed by atoms with Crippen LogP contribution in [0.25, 0.3) is 0 Å². The van der Waals surface area contributed by atoms with Crippen LogP contribution in [-0.4, -0.2) is 40.1 Å². The monoisotopic (exact) mass is 372 g/mol. The van der Waals surface area contributed by atoms with Gasteiger partial charge in [-0.05, 0) is 48.4 Å². The number of hydrazone groups is 1. The van der Waals surface area contributed by atoms with Crippen LogP contribution in [0.4, 0.5) is 0 Å². The lowest BCUT2D eigenvalue weighted by Crippen LogP contribution is -2.17. The summed E-state index contributed by atoms with van der Waals surface area (Å²) in [4.78, 5) is 12.2. The molecule has 0 heterocycles. The van der Waals surface area contributed by atoms with Crippen molar-refractivity contribution < 1.29 is 23.7 Å². The first kappa shape index (κ1) is 20.1. The molecule has 0 aliphatic carbocycles. The summed E-state index contributed by atoms with van der Waals surface area (Å²) in [6, 6.07) is 10.3. The molecule has 2 rings (SSSR count). The van der Waals surface area contributed by atoms with Crippen LogP contribution < -0.4 is 24.4 Å². The van der Waals surface area contributed by atoms with Crippen molar-refractivity contribution in [3.8, 4) is 23.0 Å². The number of carbonyl (C=O) groups excluding carboxylic acids is 1. The predicted octanol–water partition coefficient (Wildman–Crippen LogP) is 3.27. The van der Waals surface area contributed by atoms with E-state index in [-0.39, 0.29) is 5.91 Å². The Morgan fingerprint density at radius 1 is 0.963 bits per heavy atom. The number of ether oxygens (including phenoxy) is 4. The molecule has 2 aromatic carbocycles. The Kier molecular flexibility index (Phi) is 7.49. The number of hydrogen-bond donors (Lipinski definition) is 1. The molecule has 1 N–H and O–H groups in total. The fraction of sp³-hybridized carbons (Fsp3) is 0.300. The van der Waals surface area contributed by atoms with E-state index in [1.807, 2.05) is 19.1 Å². The molecule has 144 valence electrons. The lowest BCUT2D eigenvalue weighted by atomic mass is 10.2. The van der Waals surface area contributed by atoms with Crippen molar-refractivity contribution in [1.82, 2.24) is 5.43 Å². The number of nitrogens with one attached hydrogen (secondary N) is 1. The third-order valence-corrected chi connectivity index (χ3v) is 3.67. The van der Waals surface area contributed by atoms with Gasteiger partial charge in [0.05, 0.1) is 34.2 Å². The van der Waals surface area contributed by atoms with Crippen LogP contribution in [0.3, 0.4) is 0 Å². The van der Waals surface area contributed by atoms with E-state index in [0.29, 0.717) is 35.2 Å². The van der Waals surface area contributed by atoms with Gasteiger partial charge in [-0.1, -0.05) is 6.92 Å². The van der Waals surface area contributed by atoms with Gasteiger partial charge < -0.3 is 18.9 Å². The highest BCUT2D eigenvalue weighted by atomic mass is 16.5. The molecule has 27 heavy (non-hydrogen) atoms. The highest BCUT2D eigenvalue weighted by Crippen LogP contribution is 2.28. The lowest BCUT2D eigenvalue weighted by Gasteiger charge is -2.10. The Labute approximate surface area is 158 Å². The van der Waals surface area contributed by atoms with E-state index in [9.17, 15) is 4.79 Å². The molecule has 0 saturated heterocycles. The second-order valence-electron chi connectivity index (χ2n) is 5.53. The fourth-order valence-electron chi connectivity index (χ4n) is 2.30. The molecule has 0 saturated carbocycles. The SMILES string of the molecule is CCCOc1ccc(C=NNC(=O)c2ccc(OC)c(OC)c2)cc1OC. The van der Waals surface area contributed by atoms with Crippen LogP contribution in [0, 0.1) is 0 Å². The van der Waals surface area contributed by atoms with Gasteiger partial charge >= 0.3 is 0 Å². The van der Waals surface area contributed by atoms with Crippen LogP contribution in [0.5, 0.6) is 23.0 Å². The molecule has 0 radical (unpaired) electrons. The Balaban J connectivity index is 2.05. The van der Waals surface area contributed by atoms with Crippen LogP contribution in [-0.2, 0) is 0 Å². The maximum Gasteiger partial charge on any atom is 0.271 e. The Morgan fingerprint density at radius 3 is 2.30 bits per heavy atom. The molecule has 0 aliphatic rings. The van der Waals surface area contributed by atoms with Crippen LogP contribution in [0.15, 0.2) is 41.5 Å². The van der Waals surface area contributed by atoms with Gasteiger partial charge in [0, 0.05) is 5.56 Å². The molecule has 0 atom stereocenters. The average molecular weight is 372 g/mol. The Morgan fingerprint density at radius 2 is 1.63 bits per heavy atom. The van der Waals surface area contributed by atoms with Crippen LogP contribution in [0.2, 0.25) is 0 Å². The van der Waals surface area contributed by atoms with Crippen molar-refractivity contribution in [1.29, 1.82) is 0 Å². The summed E-state index contributed by atoms with van der Waals surface area (Å²) in [5.74, 6) is 1.95. The average Bonchev–Trinajstić information content (AvgIpc) is 2.71. The summed E-state index contributed by atoms with van der Waals surface area (Å²) in [6.45, 7) is 2.65. The maximum atomic E-state index is 12.2. The summed E-state index contributed by atoms with van der Waals surface area (Å²) in [5.41, 5.74) is 3.66. The smallest absolute Gasteiger partial charge is 0.271 e. The first-order valence-electron chi connectivity index (χ1n) is 8.49. The lowest BCUT2D eigenvalue weighted by molar-refractivity contribution is 0.0954. The van der Waals surface area contributed by atoms with Gasteiger partial charge in [-0.25, -0.2) is 5.43 Å². The minimum Gasteiger partial charge on any atom is -0.493 e. The van der Waals surface area contributed by atoms with Crippen molar-refractivity contribution in [2.75, 3.05) is 27.9 Å². The molecule has 7 nitrogen and oxygen atoms in total. The summed E-state index contributed by atoms with van der Waals surface area (Å²) in [7, 11) is 4.63. The molecule has 0 fully saturated rings. The zero-order valence-electron chi connectivity index (χ0n) is 15.9. The standard InChI is InChI=1S/C20H24N2O5/c1-5-10-27-17-8-6-14(11-18(17)25-3)13-21-22-20(23)15-7-9-16(24-2)19(12-15)26-4/h6-9,11-13H,5,10H2,1-4H3,(H,22,23). The summed E-state index contributed by atoms with van der Waals surface area (Å²) in [6.07, 6.45) is 2.44. The van der Waals surface area contributed by atoms with Gasteiger partial charge in [0.2, 0.25) is 0 Å². The number of nitrogens with zero attached hydrogens (tertiary/aromatic N) is 1. The molecule has 2 aromatic rings. The van der Waals surface area contributed by atoms with Crippen molar-refractivity contribution in [3.63, 3.8) is 0 Å². The highest BCUT2D eigenvalue weighted by Gasteiger charge is 2.10. The number of methoxy groups -OCH3 is 3. The Bertz CT molecular complexity index is 805. The molecule has 1 amide bonds. The molecule has 7 heteroatoms.